The molecule has 3 aromatic rings. The van der Waals surface area contributed by atoms with Crippen LogP contribution in [-0.4, -0.2) is 43.3 Å². The summed E-state index contributed by atoms with van der Waals surface area (Å²) in [5.74, 6) is 2.31. The number of rotatable bonds is 6. The third-order valence-electron chi connectivity index (χ3n) is 5.53. The maximum atomic E-state index is 6.47. The van der Waals surface area contributed by atoms with Crippen molar-refractivity contribution in [3.05, 3.63) is 60.4 Å². The van der Waals surface area contributed by atoms with E-state index in [1.807, 2.05) is 30.3 Å². The van der Waals surface area contributed by atoms with Crippen molar-refractivity contribution in [1.29, 1.82) is 0 Å². The Morgan fingerprint density at radius 1 is 0.967 bits per heavy atom. The molecule has 2 aromatic carbocycles. The Bertz CT molecular complexity index is 983. The highest BCUT2D eigenvalue weighted by Crippen LogP contribution is 2.31. The van der Waals surface area contributed by atoms with Gasteiger partial charge in [0.2, 0.25) is 0 Å². The van der Waals surface area contributed by atoms with Gasteiger partial charge in [0.15, 0.2) is 11.6 Å². The molecule has 1 aliphatic heterocycles. The maximum absolute atomic E-state index is 6.47. The van der Waals surface area contributed by atoms with Crippen molar-refractivity contribution in [1.82, 2.24) is 9.97 Å². The van der Waals surface area contributed by atoms with Gasteiger partial charge >= 0.3 is 0 Å². The Morgan fingerprint density at radius 2 is 1.67 bits per heavy atom. The van der Waals surface area contributed by atoms with E-state index in [1.54, 1.807) is 13.4 Å². The number of benzene rings is 2. The van der Waals surface area contributed by atoms with Crippen LogP contribution < -0.4 is 25.6 Å². The van der Waals surface area contributed by atoms with Gasteiger partial charge in [-0.3, -0.25) is 0 Å². The van der Waals surface area contributed by atoms with Crippen LogP contribution in [0.2, 0.25) is 0 Å². The van der Waals surface area contributed by atoms with Crippen molar-refractivity contribution in [2.24, 2.45) is 0 Å². The lowest BCUT2D eigenvalue weighted by Gasteiger charge is -2.37. The summed E-state index contributed by atoms with van der Waals surface area (Å²) < 4.78 is 5.25. The Hall–Kier alpha value is -3.48. The molecule has 1 fully saturated rings. The number of aryl methyl sites for hydroxylation is 1. The van der Waals surface area contributed by atoms with E-state index in [2.05, 4.69) is 50.2 Å². The minimum atomic E-state index is 0.585. The Balaban J connectivity index is 1.47. The summed E-state index contributed by atoms with van der Waals surface area (Å²) in [7, 11) is 1.68. The summed E-state index contributed by atoms with van der Waals surface area (Å²) in [6.07, 6.45) is 2.52. The van der Waals surface area contributed by atoms with Crippen LogP contribution in [0.15, 0.2) is 54.9 Å². The molecular weight excluding hydrogens is 376 g/mol. The number of para-hydroxylation sites is 1. The van der Waals surface area contributed by atoms with E-state index in [1.165, 1.54) is 11.3 Å². The number of aromatic nitrogens is 2. The third kappa shape index (κ3) is 4.10. The summed E-state index contributed by atoms with van der Waals surface area (Å²) in [5, 5.41) is 3.39. The second-order valence-corrected chi connectivity index (χ2v) is 7.27. The number of nitrogens with two attached hydrogens (primary N) is 1. The van der Waals surface area contributed by atoms with Crippen LogP contribution in [0.5, 0.6) is 5.75 Å². The van der Waals surface area contributed by atoms with Crippen LogP contribution in [0.25, 0.3) is 0 Å². The van der Waals surface area contributed by atoms with Crippen LogP contribution in [0.4, 0.5) is 28.7 Å². The van der Waals surface area contributed by atoms with E-state index in [-0.39, 0.29) is 0 Å². The molecule has 1 aliphatic rings. The number of methoxy groups -OCH3 is 1. The Morgan fingerprint density at radius 3 is 2.37 bits per heavy atom. The number of hydrogen-bond acceptors (Lipinski definition) is 7. The third-order valence-corrected chi connectivity index (χ3v) is 5.53. The predicted octanol–water partition coefficient (Wildman–Crippen LogP) is 3.70. The van der Waals surface area contributed by atoms with Gasteiger partial charge in [-0.25, -0.2) is 9.97 Å². The number of ether oxygens (including phenoxy) is 1. The molecule has 0 atom stereocenters. The molecule has 30 heavy (non-hydrogen) atoms. The van der Waals surface area contributed by atoms with Crippen LogP contribution in [0.1, 0.15) is 12.5 Å². The van der Waals surface area contributed by atoms with Gasteiger partial charge in [0, 0.05) is 37.6 Å². The van der Waals surface area contributed by atoms with E-state index in [4.69, 9.17) is 10.5 Å². The van der Waals surface area contributed by atoms with Gasteiger partial charge in [0.05, 0.1) is 7.11 Å². The molecule has 0 aliphatic carbocycles. The number of hydrogen-bond donors (Lipinski definition) is 2. The molecule has 0 unspecified atom stereocenters. The van der Waals surface area contributed by atoms with Crippen molar-refractivity contribution in [2.45, 2.75) is 13.3 Å². The average Bonchev–Trinajstić information content (AvgIpc) is 2.81. The first-order chi connectivity index (χ1) is 14.7. The summed E-state index contributed by atoms with van der Waals surface area (Å²) >= 11 is 0. The predicted molar refractivity (Wildman–Crippen MR) is 123 cm³/mol. The van der Waals surface area contributed by atoms with Crippen LogP contribution in [0.3, 0.4) is 0 Å². The summed E-state index contributed by atoms with van der Waals surface area (Å²) in [4.78, 5) is 13.5. The summed E-state index contributed by atoms with van der Waals surface area (Å²) in [6, 6.07) is 16.4. The SMILES string of the molecule is CCc1ccccc1Nc1ncnc(N2CCN(c3ccc(OC)cc3)CC2)c1N. The molecular formula is C23H28N6O. The number of nitrogens with zero attached hydrogens (tertiary/aromatic N) is 4. The topological polar surface area (TPSA) is 79.5 Å². The standard InChI is InChI=1S/C23H28N6O/c1-3-17-6-4-5-7-20(17)27-22-21(24)23(26-16-25-22)29-14-12-28(13-15-29)18-8-10-19(30-2)11-9-18/h4-11,16H,3,12-15,24H2,1-2H3,(H,25,26,27). The van der Waals surface area contributed by atoms with E-state index in [0.29, 0.717) is 11.5 Å². The lowest BCUT2D eigenvalue weighted by Crippen LogP contribution is -2.47. The zero-order chi connectivity index (χ0) is 20.9. The van der Waals surface area contributed by atoms with E-state index in [9.17, 15) is 0 Å². The number of anilines is 5. The largest absolute Gasteiger partial charge is 0.497 e. The number of nitrogen functional groups attached to an aromatic ring is 1. The van der Waals surface area contributed by atoms with Crippen molar-refractivity contribution in [2.75, 3.05) is 54.1 Å². The van der Waals surface area contributed by atoms with Gasteiger partial charge in [-0.15, -0.1) is 0 Å². The fourth-order valence-electron chi connectivity index (χ4n) is 3.79. The van der Waals surface area contributed by atoms with Crippen LogP contribution in [0, 0.1) is 0 Å². The lowest BCUT2D eigenvalue weighted by molar-refractivity contribution is 0.415. The van der Waals surface area contributed by atoms with Crippen LogP contribution >= 0.6 is 0 Å². The molecule has 4 rings (SSSR count). The highest BCUT2D eigenvalue weighted by atomic mass is 16.5. The first-order valence-corrected chi connectivity index (χ1v) is 10.3. The van der Waals surface area contributed by atoms with Crippen molar-refractivity contribution in [3.63, 3.8) is 0 Å². The Kier molecular flexibility index (Phi) is 5.88. The molecule has 0 saturated carbocycles. The number of nitrogens with one attached hydrogen (secondary N) is 1. The second-order valence-electron chi connectivity index (χ2n) is 7.27. The van der Waals surface area contributed by atoms with Gasteiger partial charge in [0.1, 0.15) is 17.8 Å². The number of piperazine rings is 1. The van der Waals surface area contributed by atoms with Crippen molar-refractivity contribution < 1.29 is 4.74 Å². The maximum Gasteiger partial charge on any atom is 0.159 e. The fraction of sp³-hybridized carbons (Fsp3) is 0.304. The lowest BCUT2D eigenvalue weighted by atomic mass is 10.1. The zero-order valence-electron chi connectivity index (χ0n) is 17.5. The molecule has 0 spiro atoms. The summed E-state index contributed by atoms with van der Waals surface area (Å²) in [5.41, 5.74) is 10.5. The molecule has 3 N–H and O–H groups in total. The highest BCUT2D eigenvalue weighted by Gasteiger charge is 2.21. The minimum absolute atomic E-state index is 0.585. The molecule has 2 heterocycles. The van der Waals surface area contributed by atoms with Gasteiger partial charge < -0.3 is 25.6 Å². The smallest absolute Gasteiger partial charge is 0.159 e. The quantitative estimate of drug-likeness (QED) is 0.648. The molecule has 0 bridgehead atoms. The first-order valence-electron chi connectivity index (χ1n) is 10.3. The molecule has 156 valence electrons. The average molecular weight is 405 g/mol. The van der Waals surface area contributed by atoms with Crippen molar-refractivity contribution >= 4 is 28.7 Å². The molecule has 7 nitrogen and oxygen atoms in total. The van der Waals surface area contributed by atoms with Gasteiger partial charge in [-0.1, -0.05) is 25.1 Å². The monoisotopic (exact) mass is 404 g/mol. The zero-order valence-corrected chi connectivity index (χ0v) is 17.5. The van der Waals surface area contributed by atoms with Crippen molar-refractivity contribution in [3.8, 4) is 5.75 Å². The van der Waals surface area contributed by atoms with E-state index in [0.717, 1.165) is 49.9 Å². The molecule has 0 radical (unpaired) electrons. The fourth-order valence-corrected chi connectivity index (χ4v) is 3.79. The van der Waals surface area contributed by atoms with Gasteiger partial charge in [-0.05, 0) is 42.3 Å². The minimum Gasteiger partial charge on any atom is -0.497 e. The molecule has 1 saturated heterocycles. The first kappa shape index (κ1) is 19.8. The molecule has 0 amide bonds. The Labute approximate surface area is 177 Å². The van der Waals surface area contributed by atoms with E-state index < -0.39 is 0 Å². The normalized spacial score (nSPS) is 13.9. The van der Waals surface area contributed by atoms with E-state index >= 15 is 0 Å². The molecule has 7 heteroatoms. The van der Waals surface area contributed by atoms with Gasteiger partial charge in [0.25, 0.3) is 0 Å². The molecule has 1 aromatic heterocycles. The highest BCUT2D eigenvalue weighted by molar-refractivity contribution is 5.79. The summed E-state index contributed by atoms with van der Waals surface area (Å²) in [6.45, 7) is 5.63. The van der Waals surface area contributed by atoms with Gasteiger partial charge in [-0.2, -0.15) is 0 Å². The van der Waals surface area contributed by atoms with Crippen LogP contribution in [-0.2, 0) is 6.42 Å². The second kappa shape index (κ2) is 8.90.